The zero-order valence-corrected chi connectivity index (χ0v) is 15.8. The van der Waals surface area contributed by atoms with Crippen molar-refractivity contribution in [3.05, 3.63) is 66.2 Å². The molecule has 0 spiro atoms. The Morgan fingerprint density at radius 1 is 0.852 bits per heavy atom. The van der Waals surface area contributed by atoms with Crippen molar-refractivity contribution >= 4 is 11.6 Å². The first-order valence-corrected chi connectivity index (χ1v) is 10.0. The van der Waals surface area contributed by atoms with Crippen LogP contribution in [0.15, 0.2) is 60.7 Å². The summed E-state index contributed by atoms with van der Waals surface area (Å²) in [6, 6.07) is 20.3. The molecule has 0 aromatic heterocycles. The molecule has 1 heterocycles. The molecule has 1 aliphatic heterocycles. The van der Waals surface area contributed by atoms with Gasteiger partial charge in [0.2, 0.25) is 5.91 Å². The minimum absolute atomic E-state index is 0.0530. The molecule has 2 aliphatic rings. The summed E-state index contributed by atoms with van der Waals surface area (Å²) in [5, 5.41) is 11.0. The first-order valence-electron chi connectivity index (χ1n) is 10.0. The van der Waals surface area contributed by atoms with Gasteiger partial charge >= 0.3 is 0 Å². The largest absolute Gasteiger partial charge is 0.385 e. The van der Waals surface area contributed by atoms with Gasteiger partial charge in [0.1, 0.15) is 0 Å². The number of nitrogens with zero attached hydrogens (tertiary/aromatic N) is 2. The third-order valence-electron chi connectivity index (χ3n) is 6.19. The second-order valence-electron chi connectivity index (χ2n) is 7.82. The van der Waals surface area contributed by atoms with E-state index < -0.39 is 5.60 Å². The molecule has 4 nitrogen and oxygen atoms in total. The lowest BCUT2D eigenvalue weighted by atomic mass is 9.75. The van der Waals surface area contributed by atoms with Crippen molar-refractivity contribution in [3.63, 3.8) is 0 Å². The van der Waals surface area contributed by atoms with E-state index in [4.69, 9.17) is 0 Å². The minimum atomic E-state index is -0.774. The van der Waals surface area contributed by atoms with Gasteiger partial charge in [-0.1, -0.05) is 48.5 Å². The maximum atomic E-state index is 13.0. The van der Waals surface area contributed by atoms with Crippen LogP contribution in [0.5, 0.6) is 0 Å². The van der Waals surface area contributed by atoms with Crippen LogP contribution in [0.1, 0.15) is 31.2 Å². The molecule has 4 heteroatoms. The van der Waals surface area contributed by atoms with Crippen molar-refractivity contribution in [2.24, 2.45) is 5.92 Å². The fourth-order valence-corrected chi connectivity index (χ4v) is 4.46. The van der Waals surface area contributed by atoms with Crippen LogP contribution in [0, 0.1) is 5.92 Å². The molecule has 1 N–H and O–H groups in total. The summed E-state index contributed by atoms with van der Waals surface area (Å²) in [5.41, 5.74) is 1.44. The van der Waals surface area contributed by atoms with E-state index >= 15 is 0 Å². The highest BCUT2D eigenvalue weighted by Gasteiger charge is 2.38. The number of para-hydroxylation sites is 1. The molecule has 0 atom stereocenters. The molecule has 2 aromatic rings. The Morgan fingerprint density at radius 2 is 1.41 bits per heavy atom. The minimum Gasteiger partial charge on any atom is -0.385 e. The Labute approximate surface area is 161 Å². The number of hydrogen-bond acceptors (Lipinski definition) is 3. The average Bonchev–Trinajstić information content (AvgIpc) is 2.75. The molecule has 1 saturated carbocycles. The van der Waals surface area contributed by atoms with Crippen molar-refractivity contribution in [3.8, 4) is 0 Å². The lowest BCUT2D eigenvalue weighted by molar-refractivity contribution is -0.139. The molecule has 2 fully saturated rings. The summed E-state index contributed by atoms with van der Waals surface area (Å²) in [5.74, 6) is 0.329. The smallest absolute Gasteiger partial charge is 0.225 e. The summed E-state index contributed by atoms with van der Waals surface area (Å²) in [6.07, 6.45) is 2.86. The van der Waals surface area contributed by atoms with Crippen LogP contribution >= 0.6 is 0 Å². The van der Waals surface area contributed by atoms with Gasteiger partial charge < -0.3 is 14.9 Å². The maximum absolute atomic E-state index is 13.0. The Hall–Kier alpha value is -2.33. The van der Waals surface area contributed by atoms with Crippen molar-refractivity contribution in [2.45, 2.75) is 31.3 Å². The summed E-state index contributed by atoms with van der Waals surface area (Å²) in [7, 11) is 0. The first kappa shape index (κ1) is 18.1. The van der Waals surface area contributed by atoms with Gasteiger partial charge in [-0.05, 0) is 43.4 Å². The number of anilines is 1. The van der Waals surface area contributed by atoms with E-state index in [1.165, 1.54) is 5.69 Å². The molecule has 1 amide bonds. The molecular formula is C23H28N2O2. The fraction of sp³-hybridized carbons (Fsp3) is 0.435. The average molecular weight is 364 g/mol. The van der Waals surface area contributed by atoms with Crippen LogP contribution in [0.25, 0.3) is 0 Å². The Bertz CT molecular complexity index is 746. The molecule has 4 rings (SSSR count). The second-order valence-corrected chi connectivity index (χ2v) is 7.82. The molecule has 142 valence electrons. The van der Waals surface area contributed by atoms with Gasteiger partial charge in [0, 0.05) is 37.8 Å². The Morgan fingerprint density at radius 3 is 2.00 bits per heavy atom. The molecule has 1 aliphatic carbocycles. The quantitative estimate of drug-likeness (QED) is 0.908. The third-order valence-corrected chi connectivity index (χ3v) is 6.19. The summed E-state index contributed by atoms with van der Waals surface area (Å²) >= 11 is 0. The molecule has 0 unspecified atom stereocenters. The maximum Gasteiger partial charge on any atom is 0.225 e. The number of rotatable bonds is 3. The number of carbonyl (C=O) groups excluding carboxylic acids is 1. The molecule has 1 saturated heterocycles. The summed E-state index contributed by atoms with van der Waals surface area (Å²) < 4.78 is 0. The molecule has 2 aromatic carbocycles. The van der Waals surface area contributed by atoms with E-state index in [0.717, 1.165) is 44.6 Å². The number of amides is 1. The molecule has 27 heavy (non-hydrogen) atoms. The molecule has 0 radical (unpaired) electrons. The normalized spacial score (nSPS) is 26.0. The number of benzene rings is 2. The lowest BCUT2D eigenvalue weighted by Crippen LogP contribution is -2.51. The van der Waals surface area contributed by atoms with E-state index in [-0.39, 0.29) is 11.8 Å². The zero-order valence-electron chi connectivity index (χ0n) is 15.8. The first-order chi connectivity index (χ1) is 13.2. The predicted octanol–water partition coefficient (Wildman–Crippen LogP) is 3.41. The van der Waals surface area contributed by atoms with Gasteiger partial charge in [-0.2, -0.15) is 0 Å². The molecule has 0 bridgehead atoms. The van der Waals surface area contributed by atoms with Gasteiger partial charge in [0.15, 0.2) is 0 Å². The van der Waals surface area contributed by atoms with Crippen LogP contribution in [0.3, 0.4) is 0 Å². The molecular weight excluding hydrogens is 336 g/mol. The number of piperazine rings is 1. The van der Waals surface area contributed by atoms with Crippen LogP contribution in [0.2, 0.25) is 0 Å². The van der Waals surface area contributed by atoms with E-state index in [2.05, 4.69) is 29.2 Å². The number of carbonyl (C=O) groups is 1. The van der Waals surface area contributed by atoms with Gasteiger partial charge in [0.25, 0.3) is 0 Å². The lowest BCUT2D eigenvalue weighted by Gasteiger charge is -2.40. The van der Waals surface area contributed by atoms with Crippen molar-refractivity contribution in [1.82, 2.24) is 4.90 Å². The highest BCUT2D eigenvalue weighted by molar-refractivity contribution is 5.79. The standard InChI is InChI=1S/C23H28N2O2/c26-22(25-17-15-24(16-18-25)21-9-5-2-6-10-21)19-11-13-23(27,14-12-19)20-7-3-1-4-8-20/h1-10,19,27H,11-18H2. The van der Waals surface area contributed by atoms with Crippen molar-refractivity contribution in [1.29, 1.82) is 0 Å². The topological polar surface area (TPSA) is 43.8 Å². The van der Waals surface area contributed by atoms with Gasteiger partial charge in [-0.15, -0.1) is 0 Å². The Balaban J connectivity index is 1.31. The van der Waals surface area contributed by atoms with E-state index in [1.54, 1.807) is 0 Å². The summed E-state index contributed by atoms with van der Waals surface area (Å²) in [4.78, 5) is 17.3. The van der Waals surface area contributed by atoms with Gasteiger partial charge in [-0.3, -0.25) is 4.79 Å². The van der Waals surface area contributed by atoms with E-state index in [0.29, 0.717) is 12.8 Å². The van der Waals surface area contributed by atoms with Gasteiger partial charge in [-0.25, -0.2) is 0 Å². The van der Waals surface area contributed by atoms with E-state index in [1.807, 2.05) is 41.3 Å². The van der Waals surface area contributed by atoms with Crippen LogP contribution in [0.4, 0.5) is 5.69 Å². The highest BCUT2D eigenvalue weighted by atomic mass is 16.3. The highest BCUT2D eigenvalue weighted by Crippen LogP contribution is 2.40. The monoisotopic (exact) mass is 364 g/mol. The Kier molecular flexibility index (Phi) is 5.17. The zero-order chi connectivity index (χ0) is 18.7. The van der Waals surface area contributed by atoms with Gasteiger partial charge in [0.05, 0.1) is 5.60 Å². The summed E-state index contributed by atoms with van der Waals surface area (Å²) in [6.45, 7) is 3.34. The van der Waals surface area contributed by atoms with Crippen LogP contribution in [-0.4, -0.2) is 42.1 Å². The third kappa shape index (κ3) is 3.86. The van der Waals surface area contributed by atoms with Crippen LogP contribution < -0.4 is 4.90 Å². The number of hydrogen-bond donors (Lipinski definition) is 1. The fourth-order valence-electron chi connectivity index (χ4n) is 4.46. The van der Waals surface area contributed by atoms with Crippen molar-refractivity contribution in [2.75, 3.05) is 31.1 Å². The SMILES string of the molecule is O=C(C1CCC(O)(c2ccccc2)CC1)N1CCN(c2ccccc2)CC1. The second kappa shape index (κ2) is 7.73. The van der Waals surface area contributed by atoms with Crippen LogP contribution in [-0.2, 0) is 10.4 Å². The van der Waals surface area contributed by atoms with E-state index in [9.17, 15) is 9.90 Å². The van der Waals surface area contributed by atoms with Crippen molar-refractivity contribution < 1.29 is 9.90 Å². The number of aliphatic hydroxyl groups is 1. The predicted molar refractivity (Wildman–Crippen MR) is 108 cm³/mol.